The van der Waals surface area contributed by atoms with Crippen molar-refractivity contribution in [2.24, 2.45) is 0 Å². The smallest absolute Gasteiger partial charge is 0.265 e. The van der Waals surface area contributed by atoms with Gasteiger partial charge in [-0.25, -0.2) is 0 Å². The van der Waals surface area contributed by atoms with Gasteiger partial charge in [0.05, 0.1) is 44.0 Å². The molecule has 1 fully saturated rings. The van der Waals surface area contributed by atoms with Crippen LogP contribution in [0.3, 0.4) is 0 Å². The zero-order chi connectivity index (χ0) is 23.5. The third-order valence-corrected chi connectivity index (χ3v) is 6.86. The van der Waals surface area contributed by atoms with E-state index in [0.717, 1.165) is 10.9 Å². The Labute approximate surface area is 201 Å². The molecule has 1 unspecified atom stereocenters. The van der Waals surface area contributed by atoms with E-state index in [4.69, 9.17) is 18.6 Å². The molecule has 0 radical (unpaired) electrons. The monoisotopic (exact) mass is 478 g/mol. The number of thiophene rings is 1. The van der Waals surface area contributed by atoms with Crippen LogP contribution in [0.2, 0.25) is 0 Å². The molecule has 2 aromatic heterocycles. The number of hydrogen-bond acceptors (Lipinski definition) is 7. The van der Waals surface area contributed by atoms with E-state index in [-0.39, 0.29) is 11.9 Å². The molecule has 1 amide bonds. The number of fused-ring (bicyclic) bond motifs is 1. The van der Waals surface area contributed by atoms with Gasteiger partial charge in [-0.05, 0) is 29.6 Å². The van der Waals surface area contributed by atoms with E-state index in [1.165, 1.54) is 11.3 Å². The largest absolute Gasteiger partial charge is 0.493 e. The molecular weight excluding hydrogens is 452 g/mol. The second kappa shape index (κ2) is 9.89. The predicted octanol–water partition coefficient (Wildman–Crippen LogP) is 5.19. The van der Waals surface area contributed by atoms with Gasteiger partial charge in [-0.1, -0.05) is 30.3 Å². The van der Waals surface area contributed by atoms with Crippen LogP contribution in [-0.2, 0) is 4.74 Å². The van der Waals surface area contributed by atoms with Crippen LogP contribution < -0.4 is 14.8 Å². The van der Waals surface area contributed by atoms with Crippen molar-refractivity contribution in [3.8, 4) is 11.5 Å². The summed E-state index contributed by atoms with van der Waals surface area (Å²) in [5.41, 5.74) is 2.27. The second-order valence-corrected chi connectivity index (χ2v) is 8.85. The van der Waals surface area contributed by atoms with Crippen molar-refractivity contribution in [2.75, 3.05) is 45.8 Å². The molecule has 3 heterocycles. The van der Waals surface area contributed by atoms with E-state index in [1.807, 2.05) is 60.0 Å². The first-order chi connectivity index (χ1) is 16.7. The highest BCUT2D eigenvalue weighted by molar-refractivity contribution is 7.12. The van der Waals surface area contributed by atoms with E-state index in [1.54, 1.807) is 14.2 Å². The molecule has 1 aliphatic rings. The topological polar surface area (TPSA) is 73.2 Å². The highest BCUT2D eigenvalue weighted by Crippen LogP contribution is 2.45. The van der Waals surface area contributed by atoms with Crippen molar-refractivity contribution < 1.29 is 23.4 Å². The van der Waals surface area contributed by atoms with Crippen molar-refractivity contribution in [1.29, 1.82) is 0 Å². The highest BCUT2D eigenvalue weighted by atomic mass is 32.1. The summed E-state index contributed by atoms with van der Waals surface area (Å²) < 4.78 is 23.5. The second-order valence-electron chi connectivity index (χ2n) is 7.90. The number of anilines is 1. The van der Waals surface area contributed by atoms with Gasteiger partial charge < -0.3 is 23.9 Å². The van der Waals surface area contributed by atoms with E-state index in [9.17, 15) is 4.79 Å². The van der Waals surface area contributed by atoms with Gasteiger partial charge in [-0.3, -0.25) is 9.69 Å². The average molecular weight is 479 g/mol. The number of carbonyl (C=O) groups excluding carboxylic acids is 1. The van der Waals surface area contributed by atoms with Crippen LogP contribution in [0.25, 0.3) is 11.0 Å². The number of benzene rings is 2. The van der Waals surface area contributed by atoms with Crippen molar-refractivity contribution in [1.82, 2.24) is 4.90 Å². The van der Waals surface area contributed by atoms with E-state index >= 15 is 0 Å². The van der Waals surface area contributed by atoms with Crippen molar-refractivity contribution in [3.05, 3.63) is 76.2 Å². The Balaban J connectivity index is 1.70. The Morgan fingerprint density at radius 2 is 1.85 bits per heavy atom. The molecule has 7 nitrogen and oxygen atoms in total. The van der Waals surface area contributed by atoms with Crippen molar-refractivity contribution >= 4 is 33.9 Å². The normalized spacial score (nSPS) is 15.2. The third kappa shape index (κ3) is 4.16. The minimum Gasteiger partial charge on any atom is -0.493 e. The first kappa shape index (κ1) is 22.5. The van der Waals surface area contributed by atoms with Crippen LogP contribution in [0.5, 0.6) is 11.5 Å². The lowest BCUT2D eigenvalue weighted by Crippen LogP contribution is -2.39. The molecule has 2 aromatic carbocycles. The average Bonchev–Trinajstić information content (AvgIpc) is 3.54. The predicted molar refractivity (Wildman–Crippen MR) is 132 cm³/mol. The summed E-state index contributed by atoms with van der Waals surface area (Å²) in [5, 5.41) is 5.88. The SMILES string of the molecule is COc1cccc(C(c2oc3ccccc3c2NC(=O)c2cccs2)N2CCOCC2)c1OC. The van der Waals surface area contributed by atoms with Gasteiger partial charge in [0.2, 0.25) is 0 Å². The molecule has 1 saturated heterocycles. The van der Waals surface area contributed by atoms with Gasteiger partial charge in [-0.15, -0.1) is 11.3 Å². The molecular formula is C26H26N2O5S. The lowest BCUT2D eigenvalue weighted by atomic mass is 9.98. The zero-order valence-electron chi connectivity index (χ0n) is 19.1. The van der Waals surface area contributed by atoms with E-state index in [2.05, 4.69) is 10.2 Å². The van der Waals surface area contributed by atoms with Crippen LogP contribution in [0, 0.1) is 0 Å². The Morgan fingerprint density at radius 3 is 2.59 bits per heavy atom. The van der Waals surface area contributed by atoms with Gasteiger partial charge in [0.25, 0.3) is 5.91 Å². The molecule has 5 rings (SSSR count). The zero-order valence-corrected chi connectivity index (χ0v) is 19.9. The number of rotatable bonds is 7. The fourth-order valence-corrected chi connectivity index (χ4v) is 5.05. The molecule has 1 atom stereocenters. The number of furan rings is 1. The molecule has 1 aliphatic heterocycles. The highest BCUT2D eigenvalue weighted by Gasteiger charge is 2.34. The van der Waals surface area contributed by atoms with Crippen molar-refractivity contribution in [2.45, 2.75) is 6.04 Å². The van der Waals surface area contributed by atoms with Crippen LogP contribution >= 0.6 is 11.3 Å². The Kier molecular flexibility index (Phi) is 6.53. The first-order valence-electron chi connectivity index (χ1n) is 11.1. The maximum Gasteiger partial charge on any atom is 0.265 e. The third-order valence-electron chi connectivity index (χ3n) is 5.99. The molecule has 0 spiro atoms. The number of nitrogens with zero attached hydrogens (tertiary/aromatic N) is 1. The quantitative estimate of drug-likeness (QED) is 0.394. The van der Waals surface area contributed by atoms with Crippen LogP contribution in [-0.4, -0.2) is 51.3 Å². The molecule has 0 bridgehead atoms. The molecule has 176 valence electrons. The Morgan fingerprint density at radius 1 is 1.03 bits per heavy atom. The van der Waals surface area contributed by atoms with Gasteiger partial charge in [-0.2, -0.15) is 0 Å². The Hall–Kier alpha value is -3.33. The number of morpholine rings is 1. The lowest BCUT2D eigenvalue weighted by Gasteiger charge is -2.34. The molecule has 1 N–H and O–H groups in total. The van der Waals surface area contributed by atoms with Gasteiger partial charge >= 0.3 is 0 Å². The fourth-order valence-electron chi connectivity index (χ4n) is 4.44. The summed E-state index contributed by atoms with van der Waals surface area (Å²) in [4.78, 5) is 16.0. The summed E-state index contributed by atoms with van der Waals surface area (Å²) in [6.07, 6.45) is 0. The van der Waals surface area contributed by atoms with Gasteiger partial charge in [0, 0.05) is 24.0 Å². The van der Waals surface area contributed by atoms with Gasteiger partial charge in [0.15, 0.2) is 17.3 Å². The van der Waals surface area contributed by atoms with E-state index < -0.39 is 0 Å². The summed E-state index contributed by atoms with van der Waals surface area (Å²) >= 11 is 1.40. The number of ether oxygens (including phenoxy) is 3. The number of amides is 1. The maximum atomic E-state index is 13.1. The Bertz CT molecular complexity index is 1280. The molecule has 4 aromatic rings. The first-order valence-corrected chi connectivity index (χ1v) is 12.0. The van der Waals surface area contributed by atoms with E-state index in [0.29, 0.717) is 59.7 Å². The summed E-state index contributed by atoms with van der Waals surface area (Å²) in [7, 11) is 3.26. The van der Waals surface area contributed by atoms with Crippen molar-refractivity contribution in [3.63, 3.8) is 0 Å². The lowest BCUT2D eigenvalue weighted by molar-refractivity contribution is 0.0201. The fraction of sp³-hybridized carbons (Fsp3) is 0.269. The number of para-hydroxylation sites is 2. The number of carbonyl (C=O) groups is 1. The molecule has 8 heteroatoms. The maximum absolute atomic E-state index is 13.1. The number of nitrogens with one attached hydrogen (secondary N) is 1. The summed E-state index contributed by atoms with van der Waals surface area (Å²) in [5.74, 6) is 1.76. The molecule has 0 aliphatic carbocycles. The number of hydrogen-bond donors (Lipinski definition) is 1. The summed E-state index contributed by atoms with van der Waals surface area (Å²) in [6.45, 7) is 2.64. The van der Waals surface area contributed by atoms with Crippen LogP contribution in [0.4, 0.5) is 5.69 Å². The minimum atomic E-state index is -0.319. The van der Waals surface area contributed by atoms with Crippen LogP contribution in [0.15, 0.2) is 64.4 Å². The summed E-state index contributed by atoms with van der Waals surface area (Å²) in [6, 6.07) is 16.9. The number of methoxy groups -OCH3 is 2. The minimum absolute atomic E-state index is 0.166. The van der Waals surface area contributed by atoms with Gasteiger partial charge in [0.1, 0.15) is 5.58 Å². The standard InChI is InChI=1S/C26H26N2O5S/c1-30-20-10-5-8-18(24(20)31-2)23(28-12-14-32-15-13-28)25-22(17-7-3-4-9-19(17)33-25)27-26(29)21-11-6-16-34-21/h3-11,16,23H,12-15H2,1-2H3,(H,27,29). The molecule has 34 heavy (non-hydrogen) atoms. The molecule has 0 saturated carbocycles. The van der Waals surface area contributed by atoms with Crippen LogP contribution in [0.1, 0.15) is 27.0 Å².